The van der Waals surface area contributed by atoms with Crippen LogP contribution in [0.2, 0.25) is 0 Å². The van der Waals surface area contributed by atoms with Crippen LogP contribution in [0.5, 0.6) is 23.0 Å². The highest BCUT2D eigenvalue weighted by molar-refractivity contribution is 5.90. The van der Waals surface area contributed by atoms with Gasteiger partial charge in [0.25, 0.3) is 0 Å². The summed E-state index contributed by atoms with van der Waals surface area (Å²) >= 11 is 0. The normalized spacial score (nSPS) is 10.4. The van der Waals surface area contributed by atoms with Crippen molar-refractivity contribution >= 4 is 18.0 Å². The molecule has 0 saturated heterocycles. The molecule has 0 aliphatic heterocycles. The Morgan fingerprint density at radius 3 is 1.93 bits per heavy atom. The molecule has 7 heteroatoms. The second-order valence-corrected chi connectivity index (χ2v) is 5.23. The molecule has 0 unspecified atom stereocenters. The van der Waals surface area contributed by atoms with Crippen molar-refractivity contribution in [2.75, 3.05) is 28.4 Å². The molecule has 0 heterocycles. The molecule has 7 nitrogen and oxygen atoms in total. The third-order valence-corrected chi connectivity index (χ3v) is 3.59. The van der Waals surface area contributed by atoms with E-state index in [1.54, 1.807) is 18.2 Å². The lowest BCUT2D eigenvalue weighted by Gasteiger charge is -2.12. The molecular formula is C20H20O7. The van der Waals surface area contributed by atoms with Gasteiger partial charge in [0.1, 0.15) is 5.75 Å². The lowest BCUT2D eigenvalue weighted by Crippen LogP contribution is -2.05. The molecule has 2 aromatic carbocycles. The number of methoxy groups -OCH3 is 4. The van der Waals surface area contributed by atoms with Gasteiger partial charge >= 0.3 is 11.9 Å². The van der Waals surface area contributed by atoms with Crippen LogP contribution in [0.15, 0.2) is 42.5 Å². The van der Waals surface area contributed by atoms with Gasteiger partial charge in [0.05, 0.1) is 34.0 Å². The summed E-state index contributed by atoms with van der Waals surface area (Å²) in [6.45, 7) is 0. The lowest BCUT2D eigenvalue weighted by molar-refractivity contribution is -0.128. The number of ether oxygens (including phenoxy) is 5. The van der Waals surface area contributed by atoms with Crippen LogP contribution >= 0.6 is 0 Å². The van der Waals surface area contributed by atoms with Crippen LogP contribution in [0.3, 0.4) is 0 Å². The zero-order valence-corrected chi connectivity index (χ0v) is 15.5. The molecule has 142 valence electrons. The van der Waals surface area contributed by atoms with Crippen molar-refractivity contribution in [1.82, 2.24) is 0 Å². The Balaban J connectivity index is 2.11. The maximum absolute atomic E-state index is 12.0. The molecule has 0 spiro atoms. The minimum Gasteiger partial charge on any atom is -0.493 e. The second-order valence-electron chi connectivity index (χ2n) is 5.23. The smallest absolute Gasteiger partial charge is 0.337 e. The van der Waals surface area contributed by atoms with E-state index >= 15 is 0 Å². The van der Waals surface area contributed by atoms with E-state index in [1.807, 2.05) is 0 Å². The fourth-order valence-electron chi connectivity index (χ4n) is 2.29. The Bertz CT molecular complexity index is 813. The molecule has 0 fully saturated rings. The van der Waals surface area contributed by atoms with Crippen LogP contribution in [0.25, 0.3) is 6.08 Å². The summed E-state index contributed by atoms with van der Waals surface area (Å²) in [6.07, 6.45) is 2.84. The monoisotopic (exact) mass is 372 g/mol. The fraction of sp³-hybridized carbons (Fsp3) is 0.200. The van der Waals surface area contributed by atoms with E-state index in [1.165, 1.54) is 58.8 Å². The summed E-state index contributed by atoms with van der Waals surface area (Å²) < 4.78 is 25.6. The molecule has 0 aliphatic rings. The molecular weight excluding hydrogens is 352 g/mol. The number of carbonyl (C=O) groups excluding carboxylic acids is 2. The van der Waals surface area contributed by atoms with Crippen molar-refractivity contribution < 1.29 is 33.3 Å². The molecule has 0 amide bonds. The predicted molar refractivity (Wildman–Crippen MR) is 98.5 cm³/mol. The van der Waals surface area contributed by atoms with E-state index in [0.717, 1.165) is 0 Å². The van der Waals surface area contributed by atoms with Crippen molar-refractivity contribution in [1.29, 1.82) is 0 Å². The molecule has 2 aromatic rings. The fourth-order valence-corrected chi connectivity index (χ4v) is 2.29. The Labute approximate surface area is 157 Å². The molecule has 0 aliphatic carbocycles. The Morgan fingerprint density at radius 2 is 1.44 bits per heavy atom. The topological polar surface area (TPSA) is 80.3 Å². The van der Waals surface area contributed by atoms with Crippen LogP contribution in [0, 0.1) is 0 Å². The summed E-state index contributed by atoms with van der Waals surface area (Å²) in [7, 11) is 5.83. The number of carbonyl (C=O) groups is 2. The first-order valence-electron chi connectivity index (χ1n) is 7.90. The highest BCUT2D eigenvalue weighted by atomic mass is 16.5. The predicted octanol–water partition coefficient (Wildman–Crippen LogP) is 3.12. The van der Waals surface area contributed by atoms with Crippen LogP contribution in [0.1, 0.15) is 15.9 Å². The number of benzene rings is 2. The van der Waals surface area contributed by atoms with Gasteiger partial charge in [0.15, 0.2) is 11.5 Å². The number of esters is 2. The lowest BCUT2D eigenvalue weighted by atomic mass is 10.1. The van der Waals surface area contributed by atoms with E-state index in [-0.39, 0.29) is 0 Å². The van der Waals surface area contributed by atoms with Gasteiger partial charge in [-0.2, -0.15) is 0 Å². The second kappa shape index (κ2) is 9.28. The van der Waals surface area contributed by atoms with Crippen molar-refractivity contribution in [2.24, 2.45) is 0 Å². The van der Waals surface area contributed by atoms with Crippen LogP contribution < -0.4 is 18.9 Å². The highest BCUT2D eigenvalue weighted by Crippen LogP contribution is 2.38. The standard InChI is InChI=1S/C20H20O7/c1-23-16-11-13(12-17(24-2)19(16)25-3)5-10-18(21)27-15-8-6-14(7-9-15)20(22)26-4/h5-12H,1-4H3. The van der Waals surface area contributed by atoms with E-state index in [2.05, 4.69) is 4.74 Å². The van der Waals surface area contributed by atoms with E-state index < -0.39 is 11.9 Å². The number of hydrogen-bond acceptors (Lipinski definition) is 7. The van der Waals surface area contributed by atoms with Crippen molar-refractivity contribution in [3.63, 3.8) is 0 Å². The zero-order valence-electron chi connectivity index (χ0n) is 15.5. The third-order valence-electron chi connectivity index (χ3n) is 3.59. The quantitative estimate of drug-likeness (QED) is 0.420. The molecule has 0 atom stereocenters. The van der Waals surface area contributed by atoms with Gasteiger partial charge < -0.3 is 23.7 Å². The summed E-state index contributed by atoms with van der Waals surface area (Å²) in [5, 5.41) is 0. The van der Waals surface area contributed by atoms with Crippen LogP contribution in [0.4, 0.5) is 0 Å². The van der Waals surface area contributed by atoms with Gasteiger partial charge in [0, 0.05) is 6.08 Å². The third kappa shape index (κ3) is 5.01. The first-order valence-corrected chi connectivity index (χ1v) is 7.90. The van der Waals surface area contributed by atoms with Crippen molar-refractivity contribution in [2.45, 2.75) is 0 Å². The number of hydrogen-bond donors (Lipinski definition) is 0. The van der Waals surface area contributed by atoms with Gasteiger partial charge in [0.2, 0.25) is 5.75 Å². The van der Waals surface area contributed by atoms with Crippen LogP contribution in [-0.2, 0) is 9.53 Å². The average Bonchev–Trinajstić information content (AvgIpc) is 2.71. The van der Waals surface area contributed by atoms with Gasteiger partial charge in [-0.3, -0.25) is 0 Å². The molecule has 0 bridgehead atoms. The maximum Gasteiger partial charge on any atom is 0.337 e. The van der Waals surface area contributed by atoms with Gasteiger partial charge in [-0.25, -0.2) is 9.59 Å². The first kappa shape index (κ1) is 19.8. The summed E-state index contributed by atoms with van der Waals surface area (Å²) in [4.78, 5) is 23.4. The SMILES string of the molecule is COC(=O)c1ccc(OC(=O)C=Cc2cc(OC)c(OC)c(OC)c2)cc1. The van der Waals surface area contributed by atoms with E-state index in [4.69, 9.17) is 18.9 Å². The maximum atomic E-state index is 12.0. The van der Waals surface area contributed by atoms with Gasteiger partial charge in [-0.1, -0.05) is 0 Å². The Hall–Kier alpha value is -3.48. The number of rotatable bonds is 7. The van der Waals surface area contributed by atoms with Crippen molar-refractivity contribution in [3.05, 3.63) is 53.6 Å². The van der Waals surface area contributed by atoms with Gasteiger partial charge in [-0.05, 0) is 48.0 Å². The molecule has 27 heavy (non-hydrogen) atoms. The summed E-state index contributed by atoms with van der Waals surface area (Å²) in [5.74, 6) is 0.684. The largest absolute Gasteiger partial charge is 0.493 e. The molecule has 0 N–H and O–H groups in total. The Morgan fingerprint density at radius 1 is 0.852 bits per heavy atom. The van der Waals surface area contributed by atoms with E-state index in [9.17, 15) is 9.59 Å². The minimum absolute atomic E-state index is 0.308. The average molecular weight is 372 g/mol. The molecule has 0 radical (unpaired) electrons. The summed E-state index contributed by atoms with van der Waals surface area (Å²) in [6, 6.07) is 9.45. The molecule has 2 rings (SSSR count). The molecule has 0 aromatic heterocycles. The van der Waals surface area contributed by atoms with Gasteiger partial charge in [-0.15, -0.1) is 0 Å². The molecule has 0 saturated carbocycles. The van der Waals surface area contributed by atoms with Crippen molar-refractivity contribution in [3.8, 4) is 23.0 Å². The zero-order chi connectivity index (χ0) is 19.8. The highest BCUT2D eigenvalue weighted by Gasteiger charge is 2.12. The van der Waals surface area contributed by atoms with E-state index in [0.29, 0.717) is 34.1 Å². The van der Waals surface area contributed by atoms with Crippen LogP contribution in [-0.4, -0.2) is 40.4 Å². The summed E-state index contributed by atoms with van der Waals surface area (Å²) in [5.41, 5.74) is 1.03. The first-order chi connectivity index (χ1) is 13.0. The minimum atomic E-state index is -0.574. The Kier molecular flexibility index (Phi) is 6.82.